The van der Waals surface area contributed by atoms with Gasteiger partial charge in [-0.05, 0) is 19.4 Å². The first-order valence-corrected chi connectivity index (χ1v) is 7.33. The molecule has 1 aromatic carbocycles. The Labute approximate surface area is 130 Å². The highest BCUT2D eigenvalue weighted by molar-refractivity contribution is 6.31. The van der Waals surface area contributed by atoms with Crippen molar-refractivity contribution in [2.45, 2.75) is 25.8 Å². The molecule has 0 aromatic heterocycles. The molecule has 0 aliphatic rings. The summed E-state index contributed by atoms with van der Waals surface area (Å²) in [6.45, 7) is 2.80. The standard InChI is InChI=1S/C15H21ClN2O3/c1-11(12-6-3-4-7-13(12)16)18-10-14(19)17-9-5-8-15(20)21-2/h3-4,6-7,11,18H,5,8-10H2,1-2H3,(H,17,19)/p+1/t11-/m0/s1. The lowest BCUT2D eigenvalue weighted by atomic mass is 10.1. The van der Waals surface area contributed by atoms with E-state index in [4.69, 9.17) is 11.6 Å². The Hall–Kier alpha value is -1.59. The van der Waals surface area contributed by atoms with Gasteiger partial charge in [0.15, 0.2) is 6.54 Å². The predicted octanol–water partition coefficient (Wildman–Crippen LogP) is 1.03. The van der Waals surface area contributed by atoms with Crippen LogP contribution in [0.25, 0.3) is 0 Å². The average Bonchev–Trinajstić information content (AvgIpc) is 2.49. The molecule has 0 saturated carbocycles. The van der Waals surface area contributed by atoms with Crippen LogP contribution in [-0.4, -0.2) is 32.1 Å². The molecule has 1 rings (SSSR count). The van der Waals surface area contributed by atoms with Crippen LogP contribution in [0.2, 0.25) is 5.02 Å². The lowest BCUT2D eigenvalue weighted by molar-refractivity contribution is -0.682. The maximum Gasteiger partial charge on any atom is 0.305 e. The van der Waals surface area contributed by atoms with E-state index in [0.29, 0.717) is 31.0 Å². The van der Waals surface area contributed by atoms with E-state index in [-0.39, 0.29) is 17.9 Å². The van der Waals surface area contributed by atoms with E-state index in [1.807, 2.05) is 36.5 Å². The third-order valence-corrected chi connectivity index (χ3v) is 3.50. The summed E-state index contributed by atoms with van der Waals surface area (Å²) >= 11 is 6.12. The van der Waals surface area contributed by atoms with Crippen LogP contribution in [0.5, 0.6) is 0 Å². The normalized spacial score (nSPS) is 11.8. The van der Waals surface area contributed by atoms with Gasteiger partial charge >= 0.3 is 5.97 Å². The zero-order chi connectivity index (χ0) is 15.7. The second-order valence-corrected chi connectivity index (χ2v) is 5.19. The van der Waals surface area contributed by atoms with E-state index in [0.717, 1.165) is 5.56 Å². The van der Waals surface area contributed by atoms with E-state index < -0.39 is 0 Å². The number of quaternary nitrogens is 1. The van der Waals surface area contributed by atoms with E-state index in [9.17, 15) is 9.59 Å². The quantitative estimate of drug-likeness (QED) is 0.556. The van der Waals surface area contributed by atoms with Gasteiger partial charge in [0.2, 0.25) is 0 Å². The van der Waals surface area contributed by atoms with Gasteiger partial charge in [0.1, 0.15) is 6.04 Å². The molecule has 0 aliphatic carbocycles. The van der Waals surface area contributed by atoms with Crippen molar-refractivity contribution in [1.82, 2.24) is 5.32 Å². The number of methoxy groups -OCH3 is 1. The zero-order valence-electron chi connectivity index (χ0n) is 12.4. The number of halogens is 1. The molecule has 1 amide bonds. The first-order chi connectivity index (χ1) is 10.0. The fourth-order valence-electron chi connectivity index (χ4n) is 1.89. The molecule has 5 nitrogen and oxygen atoms in total. The molecular formula is C15H22ClN2O3+. The fraction of sp³-hybridized carbons (Fsp3) is 0.467. The number of hydrogen-bond acceptors (Lipinski definition) is 3. The van der Waals surface area contributed by atoms with Gasteiger partial charge in [0.05, 0.1) is 7.11 Å². The van der Waals surface area contributed by atoms with Crippen molar-refractivity contribution in [1.29, 1.82) is 0 Å². The number of rotatable bonds is 8. The molecule has 1 aromatic rings. The maximum absolute atomic E-state index is 11.7. The minimum atomic E-state index is -0.261. The number of nitrogens with two attached hydrogens (primary N) is 1. The molecule has 0 heterocycles. The van der Waals surface area contributed by atoms with Crippen LogP contribution in [0.1, 0.15) is 31.4 Å². The summed E-state index contributed by atoms with van der Waals surface area (Å²) in [5.74, 6) is -0.318. The molecule has 0 radical (unpaired) electrons. The molecule has 116 valence electrons. The lowest BCUT2D eigenvalue weighted by Gasteiger charge is -2.12. The highest BCUT2D eigenvalue weighted by Crippen LogP contribution is 2.19. The average molecular weight is 314 g/mol. The summed E-state index contributed by atoms with van der Waals surface area (Å²) in [5, 5.41) is 5.41. The number of esters is 1. The Morgan fingerprint density at radius 3 is 2.76 bits per heavy atom. The topological polar surface area (TPSA) is 72.0 Å². The summed E-state index contributed by atoms with van der Waals surface area (Å²) in [6, 6.07) is 7.72. The van der Waals surface area contributed by atoms with Crippen LogP contribution < -0.4 is 10.6 Å². The Morgan fingerprint density at radius 1 is 1.38 bits per heavy atom. The van der Waals surface area contributed by atoms with Gasteiger partial charge in [-0.15, -0.1) is 0 Å². The molecule has 6 heteroatoms. The Bertz CT molecular complexity index is 480. The number of hydrogen-bond donors (Lipinski definition) is 2. The molecule has 0 bridgehead atoms. The summed E-state index contributed by atoms with van der Waals surface area (Å²) in [6.07, 6.45) is 0.898. The highest BCUT2D eigenvalue weighted by Gasteiger charge is 2.13. The third-order valence-electron chi connectivity index (χ3n) is 3.16. The van der Waals surface area contributed by atoms with Gasteiger partial charge < -0.3 is 15.4 Å². The Morgan fingerprint density at radius 2 is 2.10 bits per heavy atom. The zero-order valence-corrected chi connectivity index (χ0v) is 13.2. The number of carbonyl (C=O) groups excluding carboxylic acids is 2. The van der Waals surface area contributed by atoms with Gasteiger partial charge in [0.25, 0.3) is 5.91 Å². The second-order valence-electron chi connectivity index (χ2n) is 4.78. The highest BCUT2D eigenvalue weighted by atomic mass is 35.5. The number of carbonyl (C=O) groups is 2. The van der Waals surface area contributed by atoms with Crippen LogP contribution >= 0.6 is 11.6 Å². The number of benzene rings is 1. The Kier molecular flexibility index (Phi) is 7.79. The summed E-state index contributed by atoms with van der Waals surface area (Å²) in [5.41, 5.74) is 1.01. The van der Waals surface area contributed by atoms with Crippen molar-refractivity contribution in [2.75, 3.05) is 20.2 Å². The van der Waals surface area contributed by atoms with E-state index in [2.05, 4.69) is 10.1 Å². The largest absolute Gasteiger partial charge is 0.469 e. The monoisotopic (exact) mass is 313 g/mol. The van der Waals surface area contributed by atoms with Crippen molar-refractivity contribution in [3.8, 4) is 0 Å². The molecule has 3 N–H and O–H groups in total. The molecule has 1 atom stereocenters. The van der Waals surface area contributed by atoms with E-state index in [1.165, 1.54) is 7.11 Å². The summed E-state index contributed by atoms with van der Waals surface area (Å²) < 4.78 is 4.53. The van der Waals surface area contributed by atoms with Gasteiger partial charge in [-0.2, -0.15) is 0 Å². The smallest absolute Gasteiger partial charge is 0.305 e. The van der Waals surface area contributed by atoms with E-state index in [1.54, 1.807) is 0 Å². The van der Waals surface area contributed by atoms with Crippen LogP contribution in [0.3, 0.4) is 0 Å². The van der Waals surface area contributed by atoms with Crippen molar-refractivity contribution < 1.29 is 19.6 Å². The number of nitrogens with one attached hydrogen (secondary N) is 1. The number of ether oxygens (including phenoxy) is 1. The van der Waals surface area contributed by atoms with Gasteiger partial charge in [-0.25, -0.2) is 0 Å². The van der Waals surface area contributed by atoms with Gasteiger partial charge in [-0.3, -0.25) is 9.59 Å². The molecule has 0 saturated heterocycles. The summed E-state index contributed by atoms with van der Waals surface area (Å²) in [4.78, 5) is 22.6. The predicted molar refractivity (Wildman–Crippen MR) is 80.9 cm³/mol. The first-order valence-electron chi connectivity index (χ1n) is 6.96. The van der Waals surface area contributed by atoms with Crippen LogP contribution in [-0.2, 0) is 14.3 Å². The maximum atomic E-state index is 11.7. The first kappa shape index (κ1) is 17.5. The lowest BCUT2D eigenvalue weighted by Crippen LogP contribution is -2.87. The number of amides is 1. The third kappa shape index (κ3) is 6.60. The van der Waals surface area contributed by atoms with Crippen molar-refractivity contribution in [3.63, 3.8) is 0 Å². The van der Waals surface area contributed by atoms with Crippen LogP contribution in [0, 0.1) is 0 Å². The minimum absolute atomic E-state index is 0.0567. The van der Waals surface area contributed by atoms with Gasteiger partial charge in [0, 0.05) is 23.6 Å². The molecule has 0 aliphatic heterocycles. The molecule has 0 spiro atoms. The fourth-order valence-corrected chi connectivity index (χ4v) is 2.20. The molecular weight excluding hydrogens is 292 g/mol. The van der Waals surface area contributed by atoms with Crippen molar-refractivity contribution >= 4 is 23.5 Å². The van der Waals surface area contributed by atoms with Crippen LogP contribution in [0.4, 0.5) is 0 Å². The van der Waals surface area contributed by atoms with Crippen molar-refractivity contribution in [3.05, 3.63) is 34.9 Å². The van der Waals surface area contributed by atoms with E-state index >= 15 is 0 Å². The molecule has 21 heavy (non-hydrogen) atoms. The Balaban J connectivity index is 2.24. The van der Waals surface area contributed by atoms with Gasteiger partial charge in [-0.1, -0.05) is 29.8 Å². The SMILES string of the molecule is COC(=O)CCCNC(=O)C[NH2+][C@@H](C)c1ccccc1Cl. The van der Waals surface area contributed by atoms with Crippen molar-refractivity contribution in [2.24, 2.45) is 0 Å². The second kappa shape index (κ2) is 9.37. The molecule has 0 unspecified atom stereocenters. The summed E-state index contributed by atoms with van der Waals surface area (Å²) in [7, 11) is 1.35. The van der Waals surface area contributed by atoms with Crippen LogP contribution in [0.15, 0.2) is 24.3 Å². The molecule has 0 fully saturated rings. The minimum Gasteiger partial charge on any atom is -0.469 e.